The van der Waals surface area contributed by atoms with Crippen molar-refractivity contribution in [2.24, 2.45) is 16.5 Å². The summed E-state index contributed by atoms with van der Waals surface area (Å²) in [5, 5.41) is 21.2. The first-order valence-corrected chi connectivity index (χ1v) is 8.28. The number of carboxylic acid groups (broad SMARTS) is 1. The van der Waals surface area contributed by atoms with Gasteiger partial charge in [0.1, 0.15) is 18.1 Å². The van der Waals surface area contributed by atoms with Crippen molar-refractivity contribution in [3.8, 4) is 0 Å². The normalized spacial score (nSPS) is 28.0. The van der Waals surface area contributed by atoms with E-state index in [4.69, 9.17) is 21.3 Å². The standard InChI is InChI=1S/C15H27N5O4/c16-11(14(22)23)3-1-2-7-18-15-19-12(17)6-8-20(15)13-5-4-10(9-21)24-13/h6,8,10-11,13,15,18,21H,1-5,7,9,16H2,(H2,17,19)(H,22,23). The number of hydrogen-bond donors (Lipinski definition) is 5. The number of rotatable bonds is 9. The van der Waals surface area contributed by atoms with Crippen LogP contribution in [0.5, 0.6) is 0 Å². The maximum absolute atomic E-state index is 10.7. The van der Waals surface area contributed by atoms with Crippen LogP contribution in [0.2, 0.25) is 0 Å². The van der Waals surface area contributed by atoms with Crippen molar-refractivity contribution in [2.45, 2.75) is 56.8 Å². The van der Waals surface area contributed by atoms with Gasteiger partial charge in [0, 0.05) is 6.20 Å². The van der Waals surface area contributed by atoms with Crippen molar-refractivity contribution in [1.82, 2.24) is 10.2 Å². The molecule has 0 amide bonds. The van der Waals surface area contributed by atoms with Gasteiger partial charge < -0.3 is 31.3 Å². The zero-order valence-corrected chi connectivity index (χ0v) is 13.7. The number of aliphatic carboxylic acids is 1. The van der Waals surface area contributed by atoms with Gasteiger partial charge in [-0.25, -0.2) is 4.99 Å². The van der Waals surface area contributed by atoms with E-state index in [-0.39, 0.29) is 25.2 Å². The van der Waals surface area contributed by atoms with E-state index in [1.165, 1.54) is 0 Å². The molecule has 136 valence electrons. The summed E-state index contributed by atoms with van der Waals surface area (Å²) >= 11 is 0. The van der Waals surface area contributed by atoms with Gasteiger partial charge in [-0.2, -0.15) is 0 Å². The molecule has 9 heteroatoms. The molecule has 7 N–H and O–H groups in total. The van der Waals surface area contributed by atoms with Crippen molar-refractivity contribution >= 4 is 11.8 Å². The lowest BCUT2D eigenvalue weighted by Crippen LogP contribution is -2.49. The van der Waals surface area contributed by atoms with Gasteiger partial charge >= 0.3 is 5.97 Å². The summed E-state index contributed by atoms with van der Waals surface area (Å²) in [6.45, 7) is 0.676. The van der Waals surface area contributed by atoms with Crippen molar-refractivity contribution in [1.29, 1.82) is 0 Å². The molecule has 0 aromatic rings. The summed E-state index contributed by atoms with van der Waals surface area (Å²) in [6.07, 6.45) is 6.54. The maximum atomic E-state index is 10.7. The predicted molar refractivity (Wildman–Crippen MR) is 88.8 cm³/mol. The number of aliphatic hydroxyl groups excluding tert-OH is 1. The second-order valence-electron chi connectivity index (χ2n) is 6.06. The zero-order valence-electron chi connectivity index (χ0n) is 13.7. The Balaban J connectivity index is 1.78. The third-order valence-corrected chi connectivity index (χ3v) is 4.18. The average molecular weight is 341 g/mol. The van der Waals surface area contributed by atoms with E-state index in [2.05, 4.69) is 10.3 Å². The number of carboxylic acids is 1. The lowest BCUT2D eigenvalue weighted by atomic mass is 10.1. The van der Waals surface area contributed by atoms with Crippen molar-refractivity contribution in [3.05, 3.63) is 12.3 Å². The van der Waals surface area contributed by atoms with Gasteiger partial charge in [0.25, 0.3) is 0 Å². The molecule has 2 aliphatic rings. The summed E-state index contributed by atoms with van der Waals surface area (Å²) in [4.78, 5) is 17.0. The molecule has 4 unspecified atom stereocenters. The number of aliphatic imine (C=N–C) groups is 1. The monoisotopic (exact) mass is 341 g/mol. The summed E-state index contributed by atoms with van der Waals surface area (Å²) in [5.74, 6) is -0.533. The van der Waals surface area contributed by atoms with E-state index in [1.807, 2.05) is 11.1 Å². The van der Waals surface area contributed by atoms with Gasteiger partial charge in [-0.1, -0.05) is 6.42 Å². The number of nitrogens with one attached hydrogen (secondary N) is 1. The highest BCUT2D eigenvalue weighted by molar-refractivity contribution is 5.91. The number of ether oxygens (including phenoxy) is 1. The van der Waals surface area contributed by atoms with Crippen molar-refractivity contribution < 1.29 is 19.7 Å². The van der Waals surface area contributed by atoms with Crippen LogP contribution in [0.25, 0.3) is 0 Å². The second kappa shape index (κ2) is 8.97. The fourth-order valence-corrected chi connectivity index (χ4v) is 2.78. The molecule has 0 aliphatic carbocycles. The molecule has 0 bridgehead atoms. The zero-order chi connectivity index (χ0) is 17.5. The van der Waals surface area contributed by atoms with Gasteiger partial charge in [-0.15, -0.1) is 0 Å². The molecular formula is C15H27N5O4. The minimum absolute atomic E-state index is 0.0153. The largest absolute Gasteiger partial charge is 0.480 e. The lowest BCUT2D eigenvalue weighted by Gasteiger charge is -2.35. The lowest BCUT2D eigenvalue weighted by molar-refractivity contribution is -0.138. The molecule has 0 aromatic carbocycles. The molecule has 9 nitrogen and oxygen atoms in total. The third-order valence-electron chi connectivity index (χ3n) is 4.18. The number of carbonyl (C=O) groups is 1. The number of hydrogen-bond acceptors (Lipinski definition) is 8. The van der Waals surface area contributed by atoms with Crippen LogP contribution in [0.3, 0.4) is 0 Å². The highest BCUT2D eigenvalue weighted by Gasteiger charge is 2.32. The van der Waals surface area contributed by atoms with Gasteiger partial charge in [0.15, 0.2) is 6.29 Å². The van der Waals surface area contributed by atoms with E-state index in [1.54, 1.807) is 6.08 Å². The molecule has 2 heterocycles. The topological polar surface area (TPSA) is 146 Å². The van der Waals surface area contributed by atoms with E-state index in [0.717, 1.165) is 25.7 Å². The SMILES string of the molecule is NC1=NC(NCCCCC(N)C(=O)O)N(C2CCC(CO)O2)C=C1. The molecule has 0 saturated carbocycles. The maximum Gasteiger partial charge on any atom is 0.320 e. The van der Waals surface area contributed by atoms with E-state index in [9.17, 15) is 9.90 Å². The Morgan fingerprint density at radius 1 is 1.50 bits per heavy atom. The van der Waals surface area contributed by atoms with Crippen LogP contribution in [0.15, 0.2) is 17.3 Å². The van der Waals surface area contributed by atoms with Crippen LogP contribution in [0.1, 0.15) is 32.1 Å². The van der Waals surface area contributed by atoms with Gasteiger partial charge in [-0.05, 0) is 38.3 Å². The summed E-state index contributed by atoms with van der Waals surface area (Å²) in [7, 11) is 0. The van der Waals surface area contributed by atoms with E-state index in [0.29, 0.717) is 18.8 Å². The van der Waals surface area contributed by atoms with E-state index < -0.39 is 12.0 Å². The molecule has 4 atom stereocenters. The Morgan fingerprint density at radius 2 is 2.29 bits per heavy atom. The molecule has 0 spiro atoms. The second-order valence-corrected chi connectivity index (χ2v) is 6.06. The number of nitrogens with zero attached hydrogens (tertiary/aromatic N) is 2. The minimum Gasteiger partial charge on any atom is -0.480 e. The van der Waals surface area contributed by atoms with Crippen LogP contribution in [0.4, 0.5) is 0 Å². The highest BCUT2D eigenvalue weighted by Crippen LogP contribution is 2.25. The molecule has 2 rings (SSSR count). The Hall–Kier alpha value is -1.68. The first kappa shape index (κ1) is 18.7. The van der Waals surface area contributed by atoms with Crippen LogP contribution in [-0.2, 0) is 9.53 Å². The molecule has 1 fully saturated rings. The number of amidine groups is 1. The van der Waals surface area contributed by atoms with Crippen molar-refractivity contribution in [3.63, 3.8) is 0 Å². The fourth-order valence-electron chi connectivity index (χ4n) is 2.78. The smallest absolute Gasteiger partial charge is 0.320 e. The average Bonchev–Trinajstić information content (AvgIpc) is 3.03. The first-order valence-electron chi connectivity index (χ1n) is 8.28. The highest BCUT2D eigenvalue weighted by atomic mass is 16.5. The molecular weight excluding hydrogens is 314 g/mol. The van der Waals surface area contributed by atoms with Crippen molar-refractivity contribution in [2.75, 3.05) is 13.2 Å². The fraction of sp³-hybridized carbons (Fsp3) is 0.733. The molecule has 0 radical (unpaired) electrons. The molecule has 2 aliphatic heterocycles. The predicted octanol–water partition coefficient (Wildman–Crippen LogP) is -0.874. The quantitative estimate of drug-likeness (QED) is 0.340. The Kier molecular flexibility index (Phi) is 6.98. The minimum atomic E-state index is -0.972. The molecule has 24 heavy (non-hydrogen) atoms. The van der Waals surface area contributed by atoms with Crippen LogP contribution < -0.4 is 16.8 Å². The number of aliphatic hydroxyl groups is 1. The molecule has 1 saturated heterocycles. The Labute approximate surface area is 141 Å². The summed E-state index contributed by atoms with van der Waals surface area (Å²) in [5.41, 5.74) is 11.3. The Bertz CT molecular complexity index is 484. The first-order chi connectivity index (χ1) is 11.5. The third kappa shape index (κ3) is 5.17. The Morgan fingerprint density at radius 3 is 2.96 bits per heavy atom. The number of nitrogens with two attached hydrogens (primary N) is 2. The molecule has 0 aromatic heterocycles. The van der Waals surface area contributed by atoms with Crippen LogP contribution in [-0.4, -0.2) is 64.7 Å². The summed E-state index contributed by atoms with van der Waals surface area (Å²) in [6, 6.07) is -0.810. The van der Waals surface area contributed by atoms with Gasteiger partial charge in [0.2, 0.25) is 0 Å². The van der Waals surface area contributed by atoms with Gasteiger partial charge in [0.05, 0.1) is 12.7 Å². The summed E-state index contributed by atoms with van der Waals surface area (Å²) < 4.78 is 5.79. The number of unbranched alkanes of at least 4 members (excludes halogenated alkanes) is 1. The van der Waals surface area contributed by atoms with E-state index >= 15 is 0 Å². The van der Waals surface area contributed by atoms with Crippen LogP contribution in [0, 0.1) is 0 Å². The van der Waals surface area contributed by atoms with Crippen LogP contribution >= 0.6 is 0 Å². The van der Waals surface area contributed by atoms with Gasteiger partial charge in [-0.3, -0.25) is 10.1 Å².